The van der Waals surface area contributed by atoms with E-state index in [2.05, 4.69) is 24.3 Å². The Morgan fingerprint density at radius 2 is 2.20 bits per heavy atom. The zero-order valence-corrected chi connectivity index (χ0v) is 15.1. The van der Waals surface area contributed by atoms with Gasteiger partial charge in [-0.15, -0.1) is 0 Å². The molecule has 0 radical (unpaired) electrons. The zero-order valence-electron chi connectivity index (χ0n) is 15.1. The topological polar surface area (TPSA) is 63.3 Å². The van der Waals surface area contributed by atoms with Crippen LogP contribution in [0.1, 0.15) is 25.2 Å². The standard InChI is InChI=1S/C19H24N4O2/c1-13(2)10-23(12-15-9-20-22(4)11-15)19(24)21-17-7-5-6-16-8-14(3)25-18(16)17/h5-9,11,13H,10,12H2,1-4H3,(H,21,24). The molecule has 0 saturated carbocycles. The van der Waals surface area contributed by atoms with Gasteiger partial charge in [-0.3, -0.25) is 4.68 Å². The molecule has 0 aliphatic carbocycles. The van der Waals surface area contributed by atoms with Gasteiger partial charge in [-0.05, 0) is 25.0 Å². The number of carbonyl (C=O) groups excluding carboxylic acids is 1. The lowest BCUT2D eigenvalue weighted by molar-refractivity contribution is 0.201. The van der Waals surface area contributed by atoms with Gasteiger partial charge in [0.25, 0.3) is 0 Å². The monoisotopic (exact) mass is 340 g/mol. The Bertz CT molecular complexity index is 879. The average Bonchev–Trinajstić information content (AvgIpc) is 3.11. The summed E-state index contributed by atoms with van der Waals surface area (Å²) < 4.78 is 7.48. The fourth-order valence-electron chi connectivity index (χ4n) is 2.92. The highest BCUT2D eigenvalue weighted by Gasteiger charge is 2.18. The summed E-state index contributed by atoms with van der Waals surface area (Å²) in [5, 5.41) is 8.16. The number of aromatic nitrogens is 2. The van der Waals surface area contributed by atoms with Gasteiger partial charge in [0.1, 0.15) is 5.76 Å². The predicted molar refractivity (Wildman–Crippen MR) is 98.4 cm³/mol. The molecule has 6 heteroatoms. The minimum Gasteiger partial charge on any atom is -0.459 e. The number of urea groups is 1. The molecule has 0 spiro atoms. The number of hydrogen-bond acceptors (Lipinski definition) is 3. The minimum absolute atomic E-state index is 0.140. The fourth-order valence-corrected chi connectivity index (χ4v) is 2.92. The van der Waals surface area contributed by atoms with Crippen LogP contribution >= 0.6 is 0 Å². The van der Waals surface area contributed by atoms with E-state index in [9.17, 15) is 4.79 Å². The molecule has 1 aromatic carbocycles. The van der Waals surface area contributed by atoms with Gasteiger partial charge < -0.3 is 14.6 Å². The van der Waals surface area contributed by atoms with Gasteiger partial charge in [0.05, 0.1) is 18.4 Å². The molecule has 132 valence electrons. The van der Waals surface area contributed by atoms with Crippen molar-refractivity contribution < 1.29 is 9.21 Å². The van der Waals surface area contributed by atoms with Gasteiger partial charge in [0.2, 0.25) is 0 Å². The third-order valence-corrected chi connectivity index (χ3v) is 3.91. The number of nitrogens with zero attached hydrogens (tertiary/aromatic N) is 3. The van der Waals surface area contributed by atoms with Crippen molar-refractivity contribution in [3.8, 4) is 0 Å². The number of aryl methyl sites for hydroxylation is 2. The molecule has 3 aromatic rings. The summed E-state index contributed by atoms with van der Waals surface area (Å²) >= 11 is 0. The van der Waals surface area contributed by atoms with Crippen molar-refractivity contribution in [1.29, 1.82) is 0 Å². The molecule has 0 aliphatic rings. The van der Waals surface area contributed by atoms with E-state index in [-0.39, 0.29) is 6.03 Å². The molecule has 0 fully saturated rings. The first-order valence-corrected chi connectivity index (χ1v) is 8.45. The maximum Gasteiger partial charge on any atom is 0.322 e. The molecule has 25 heavy (non-hydrogen) atoms. The van der Waals surface area contributed by atoms with Gasteiger partial charge >= 0.3 is 6.03 Å². The summed E-state index contributed by atoms with van der Waals surface area (Å²) in [7, 11) is 1.87. The summed E-state index contributed by atoms with van der Waals surface area (Å²) in [4.78, 5) is 14.7. The normalized spacial score (nSPS) is 11.2. The molecule has 2 heterocycles. The van der Waals surface area contributed by atoms with Gasteiger partial charge in [-0.25, -0.2) is 4.79 Å². The number of para-hydroxylation sites is 1. The van der Waals surface area contributed by atoms with Crippen LogP contribution in [0.4, 0.5) is 10.5 Å². The summed E-state index contributed by atoms with van der Waals surface area (Å²) in [5.74, 6) is 1.19. The molecular formula is C19H24N4O2. The van der Waals surface area contributed by atoms with Crippen molar-refractivity contribution in [1.82, 2.24) is 14.7 Å². The molecule has 0 bridgehead atoms. The van der Waals surface area contributed by atoms with Gasteiger partial charge in [-0.1, -0.05) is 26.0 Å². The Hall–Kier alpha value is -2.76. The molecule has 2 amide bonds. The van der Waals surface area contributed by atoms with E-state index in [0.717, 1.165) is 16.7 Å². The van der Waals surface area contributed by atoms with Crippen LogP contribution in [0, 0.1) is 12.8 Å². The number of furan rings is 1. The molecule has 3 rings (SSSR count). The van der Waals surface area contributed by atoms with Crippen molar-refractivity contribution >= 4 is 22.7 Å². The smallest absolute Gasteiger partial charge is 0.322 e. The summed E-state index contributed by atoms with van der Waals surface area (Å²) in [6.07, 6.45) is 3.72. The van der Waals surface area contributed by atoms with Crippen molar-refractivity contribution in [3.05, 3.63) is 48.0 Å². The number of amides is 2. The average molecular weight is 340 g/mol. The number of benzene rings is 1. The van der Waals surface area contributed by atoms with Crippen LogP contribution < -0.4 is 5.32 Å². The Morgan fingerprint density at radius 3 is 2.88 bits per heavy atom. The highest BCUT2D eigenvalue weighted by molar-refractivity contribution is 5.99. The quantitative estimate of drug-likeness (QED) is 0.758. The second-order valence-electron chi connectivity index (χ2n) is 6.81. The van der Waals surface area contributed by atoms with E-state index in [1.165, 1.54) is 0 Å². The van der Waals surface area contributed by atoms with Crippen LogP contribution in [-0.2, 0) is 13.6 Å². The van der Waals surface area contributed by atoms with Gasteiger partial charge in [0.15, 0.2) is 5.58 Å². The van der Waals surface area contributed by atoms with Gasteiger partial charge in [-0.2, -0.15) is 5.10 Å². The van der Waals surface area contributed by atoms with Crippen molar-refractivity contribution in [2.24, 2.45) is 13.0 Å². The molecule has 0 atom stereocenters. The van der Waals surface area contributed by atoms with Crippen LogP contribution in [0.25, 0.3) is 11.0 Å². The predicted octanol–water partition coefficient (Wildman–Crippen LogP) is 4.16. The first-order valence-electron chi connectivity index (χ1n) is 8.45. The molecule has 1 N–H and O–H groups in total. The summed E-state index contributed by atoms with van der Waals surface area (Å²) in [5.41, 5.74) is 2.40. The Balaban J connectivity index is 1.81. The van der Waals surface area contributed by atoms with E-state index < -0.39 is 0 Å². The third-order valence-electron chi connectivity index (χ3n) is 3.91. The second kappa shape index (κ2) is 7.01. The van der Waals surface area contributed by atoms with E-state index >= 15 is 0 Å². The number of carbonyl (C=O) groups is 1. The van der Waals surface area contributed by atoms with Crippen molar-refractivity contribution in [3.63, 3.8) is 0 Å². The Kier molecular flexibility index (Phi) is 4.79. The largest absolute Gasteiger partial charge is 0.459 e. The molecule has 0 saturated heterocycles. The highest BCUT2D eigenvalue weighted by atomic mass is 16.3. The molecule has 2 aromatic heterocycles. The number of anilines is 1. The lowest BCUT2D eigenvalue weighted by atomic mass is 10.2. The van der Waals surface area contributed by atoms with Crippen LogP contribution in [0.15, 0.2) is 41.1 Å². The van der Waals surface area contributed by atoms with Crippen molar-refractivity contribution in [2.45, 2.75) is 27.3 Å². The first kappa shape index (κ1) is 17.1. The van der Waals surface area contributed by atoms with Gasteiger partial charge in [0, 0.05) is 30.7 Å². The Labute approximate surface area is 147 Å². The first-order chi connectivity index (χ1) is 11.9. The molecule has 6 nitrogen and oxygen atoms in total. The van der Waals surface area contributed by atoms with E-state index in [0.29, 0.717) is 30.3 Å². The van der Waals surface area contributed by atoms with Crippen LogP contribution in [-0.4, -0.2) is 27.3 Å². The second-order valence-corrected chi connectivity index (χ2v) is 6.81. The molecule has 0 unspecified atom stereocenters. The Morgan fingerprint density at radius 1 is 1.40 bits per heavy atom. The summed E-state index contributed by atoms with van der Waals surface area (Å²) in [6.45, 7) is 7.28. The van der Waals surface area contributed by atoms with Crippen LogP contribution in [0.2, 0.25) is 0 Å². The lowest BCUT2D eigenvalue weighted by Gasteiger charge is -2.24. The van der Waals surface area contributed by atoms with E-state index in [4.69, 9.17) is 4.42 Å². The van der Waals surface area contributed by atoms with E-state index in [1.807, 2.05) is 44.4 Å². The number of rotatable bonds is 5. The molecular weight excluding hydrogens is 316 g/mol. The number of nitrogens with one attached hydrogen (secondary N) is 1. The SMILES string of the molecule is Cc1cc2cccc(NC(=O)N(Cc3cnn(C)c3)CC(C)C)c2o1. The zero-order chi connectivity index (χ0) is 18.0. The van der Waals surface area contributed by atoms with Crippen molar-refractivity contribution in [2.75, 3.05) is 11.9 Å². The summed E-state index contributed by atoms with van der Waals surface area (Å²) in [6, 6.07) is 7.58. The highest BCUT2D eigenvalue weighted by Crippen LogP contribution is 2.27. The minimum atomic E-state index is -0.140. The molecule has 0 aliphatic heterocycles. The van der Waals surface area contributed by atoms with Crippen LogP contribution in [0.5, 0.6) is 0 Å². The van der Waals surface area contributed by atoms with Crippen LogP contribution in [0.3, 0.4) is 0 Å². The number of fused-ring (bicyclic) bond motifs is 1. The lowest BCUT2D eigenvalue weighted by Crippen LogP contribution is -2.37. The number of hydrogen-bond donors (Lipinski definition) is 1. The van der Waals surface area contributed by atoms with E-state index in [1.54, 1.807) is 15.8 Å². The maximum atomic E-state index is 12.9. The fraction of sp³-hybridized carbons (Fsp3) is 0.368. The maximum absolute atomic E-state index is 12.9. The third kappa shape index (κ3) is 4.02.